The normalized spacial score (nSPS) is 31.1. The highest BCUT2D eigenvalue weighted by Gasteiger charge is 2.30. The van der Waals surface area contributed by atoms with E-state index in [4.69, 9.17) is 5.73 Å². The predicted octanol–water partition coefficient (Wildman–Crippen LogP) is -0.319. The van der Waals surface area contributed by atoms with Crippen LogP contribution in [0.3, 0.4) is 0 Å². The molecule has 16 heavy (non-hydrogen) atoms. The lowest BCUT2D eigenvalue weighted by Gasteiger charge is -2.27. The highest BCUT2D eigenvalue weighted by molar-refractivity contribution is 5.76. The minimum atomic E-state index is 0.0801. The van der Waals surface area contributed by atoms with E-state index in [-0.39, 0.29) is 6.03 Å². The molecule has 0 saturated carbocycles. The third kappa shape index (κ3) is 2.30. The van der Waals surface area contributed by atoms with Crippen LogP contribution in [-0.2, 0) is 0 Å². The van der Waals surface area contributed by atoms with Gasteiger partial charge in [0.15, 0.2) is 0 Å². The minimum absolute atomic E-state index is 0.0801. The van der Waals surface area contributed by atoms with Crippen LogP contribution in [0.4, 0.5) is 4.79 Å². The molecular weight excluding hydrogens is 204 g/mol. The van der Waals surface area contributed by atoms with E-state index in [1.807, 2.05) is 4.90 Å². The molecule has 2 fully saturated rings. The third-order valence-corrected chi connectivity index (χ3v) is 3.84. The van der Waals surface area contributed by atoms with Gasteiger partial charge in [-0.15, -0.1) is 0 Å². The summed E-state index contributed by atoms with van der Waals surface area (Å²) in [6.45, 7) is 7.53. The molecule has 0 aliphatic carbocycles. The number of hydrogen-bond donors (Lipinski definition) is 2. The molecule has 2 atom stereocenters. The van der Waals surface area contributed by atoms with Crippen molar-refractivity contribution in [1.82, 2.24) is 15.1 Å². The number of nitrogens with zero attached hydrogens (tertiary/aromatic N) is 2. The van der Waals surface area contributed by atoms with E-state index >= 15 is 0 Å². The van der Waals surface area contributed by atoms with Gasteiger partial charge in [0.2, 0.25) is 0 Å². The van der Waals surface area contributed by atoms with Crippen LogP contribution in [0.25, 0.3) is 0 Å². The second kappa shape index (κ2) is 5.01. The maximum Gasteiger partial charge on any atom is 0.317 e. The number of carbonyl (C=O) groups is 1. The highest BCUT2D eigenvalue weighted by Crippen LogP contribution is 2.22. The summed E-state index contributed by atoms with van der Waals surface area (Å²) in [7, 11) is 0. The lowest BCUT2D eigenvalue weighted by Crippen LogP contribution is -2.43. The van der Waals surface area contributed by atoms with Gasteiger partial charge in [0.25, 0.3) is 0 Å². The molecule has 92 valence electrons. The van der Waals surface area contributed by atoms with Gasteiger partial charge in [-0.1, -0.05) is 6.92 Å². The molecule has 0 aromatic heterocycles. The number of amides is 2. The molecule has 0 radical (unpaired) electrons. The number of nitrogens with one attached hydrogen (secondary N) is 1. The Bertz CT molecular complexity index is 258. The maximum atomic E-state index is 11.4. The second-order valence-electron chi connectivity index (χ2n) is 4.82. The van der Waals surface area contributed by atoms with Crippen LogP contribution in [0.2, 0.25) is 0 Å². The SMILES string of the molecule is CC1CCN(CCN2CCNC2=O)C1CN. The largest absolute Gasteiger partial charge is 0.336 e. The van der Waals surface area contributed by atoms with Gasteiger partial charge in [-0.05, 0) is 18.9 Å². The molecule has 2 aliphatic rings. The summed E-state index contributed by atoms with van der Waals surface area (Å²) in [5, 5.41) is 2.82. The molecular formula is C11H22N4O. The van der Waals surface area contributed by atoms with E-state index in [0.29, 0.717) is 12.0 Å². The van der Waals surface area contributed by atoms with Crippen molar-refractivity contribution in [2.24, 2.45) is 11.7 Å². The Hall–Kier alpha value is -0.810. The summed E-state index contributed by atoms with van der Waals surface area (Å²) in [4.78, 5) is 15.7. The summed E-state index contributed by atoms with van der Waals surface area (Å²) >= 11 is 0. The van der Waals surface area contributed by atoms with Crippen LogP contribution in [0.5, 0.6) is 0 Å². The van der Waals surface area contributed by atoms with Crippen molar-refractivity contribution >= 4 is 6.03 Å². The monoisotopic (exact) mass is 226 g/mol. The van der Waals surface area contributed by atoms with Gasteiger partial charge in [0.05, 0.1) is 0 Å². The molecule has 2 aliphatic heterocycles. The topological polar surface area (TPSA) is 61.6 Å². The quantitative estimate of drug-likeness (QED) is 0.690. The molecule has 0 aromatic carbocycles. The van der Waals surface area contributed by atoms with Crippen LogP contribution in [0.15, 0.2) is 0 Å². The average molecular weight is 226 g/mol. The lowest BCUT2D eigenvalue weighted by atomic mass is 10.0. The zero-order valence-electron chi connectivity index (χ0n) is 9.98. The Balaban J connectivity index is 1.79. The summed E-state index contributed by atoms with van der Waals surface area (Å²) in [5.41, 5.74) is 5.79. The van der Waals surface area contributed by atoms with Crippen LogP contribution in [0.1, 0.15) is 13.3 Å². The summed E-state index contributed by atoms with van der Waals surface area (Å²) < 4.78 is 0. The number of hydrogen-bond acceptors (Lipinski definition) is 3. The van der Waals surface area contributed by atoms with Crippen molar-refractivity contribution in [3.05, 3.63) is 0 Å². The molecule has 2 amide bonds. The average Bonchev–Trinajstić information content (AvgIpc) is 2.82. The highest BCUT2D eigenvalue weighted by atomic mass is 16.2. The van der Waals surface area contributed by atoms with Crippen LogP contribution < -0.4 is 11.1 Å². The Morgan fingerprint density at radius 2 is 2.25 bits per heavy atom. The zero-order chi connectivity index (χ0) is 11.5. The van der Waals surface area contributed by atoms with Crippen molar-refractivity contribution in [3.63, 3.8) is 0 Å². The van der Waals surface area contributed by atoms with E-state index in [1.54, 1.807) is 0 Å². The van der Waals surface area contributed by atoms with E-state index in [1.165, 1.54) is 6.42 Å². The van der Waals surface area contributed by atoms with E-state index < -0.39 is 0 Å². The van der Waals surface area contributed by atoms with Crippen molar-refractivity contribution in [3.8, 4) is 0 Å². The van der Waals surface area contributed by atoms with E-state index in [9.17, 15) is 4.79 Å². The Morgan fingerprint density at radius 1 is 1.44 bits per heavy atom. The molecule has 2 saturated heterocycles. The summed E-state index contributed by atoms with van der Waals surface area (Å²) in [6, 6.07) is 0.585. The van der Waals surface area contributed by atoms with Gasteiger partial charge in [-0.2, -0.15) is 0 Å². The number of rotatable bonds is 4. The molecule has 2 heterocycles. The maximum absolute atomic E-state index is 11.4. The van der Waals surface area contributed by atoms with Gasteiger partial charge >= 0.3 is 6.03 Å². The van der Waals surface area contributed by atoms with Crippen molar-refractivity contribution < 1.29 is 4.79 Å². The van der Waals surface area contributed by atoms with Gasteiger partial charge < -0.3 is 16.0 Å². The van der Waals surface area contributed by atoms with E-state index in [0.717, 1.165) is 39.3 Å². The Kier molecular flexibility index (Phi) is 3.66. The fourth-order valence-electron chi connectivity index (χ4n) is 2.72. The Morgan fingerprint density at radius 3 is 2.88 bits per heavy atom. The first-order valence-electron chi connectivity index (χ1n) is 6.19. The molecule has 0 aromatic rings. The van der Waals surface area contributed by atoms with Crippen LogP contribution in [-0.4, -0.2) is 61.1 Å². The van der Waals surface area contributed by atoms with Crippen molar-refractivity contribution in [2.45, 2.75) is 19.4 Å². The molecule has 2 rings (SSSR count). The van der Waals surface area contributed by atoms with E-state index in [2.05, 4.69) is 17.1 Å². The lowest BCUT2D eigenvalue weighted by molar-refractivity contribution is 0.191. The van der Waals surface area contributed by atoms with Gasteiger partial charge in [0, 0.05) is 38.8 Å². The fraction of sp³-hybridized carbons (Fsp3) is 0.909. The van der Waals surface area contributed by atoms with Gasteiger partial charge in [-0.3, -0.25) is 4.90 Å². The Labute approximate surface area is 96.9 Å². The van der Waals surface area contributed by atoms with Gasteiger partial charge in [-0.25, -0.2) is 4.79 Å². The van der Waals surface area contributed by atoms with Crippen molar-refractivity contribution in [2.75, 3.05) is 39.3 Å². The second-order valence-corrected chi connectivity index (χ2v) is 4.82. The first-order valence-corrected chi connectivity index (χ1v) is 6.19. The molecule has 0 spiro atoms. The predicted molar refractivity (Wildman–Crippen MR) is 63.2 cm³/mol. The number of likely N-dealkylation sites (tertiary alicyclic amines) is 1. The zero-order valence-corrected chi connectivity index (χ0v) is 9.98. The smallest absolute Gasteiger partial charge is 0.317 e. The molecule has 5 nitrogen and oxygen atoms in total. The standard InChI is InChI=1S/C11H22N4O/c1-9-2-4-14(10(9)8-12)6-7-15-5-3-13-11(15)16/h9-10H,2-8,12H2,1H3,(H,13,16). The third-order valence-electron chi connectivity index (χ3n) is 3.84. The fourth-order valence-corrected chi connectivity index (χ4v) is 2.72. The summed E-state index contributed by atoms with van der Waals surface area (Å²) in [6.07, 6.45) is 1.23. The summed E-state index contributed by atoms with van der Waals surface area (Å²) in [5.74, 6) is 0.692. The van der Waals surface area contributed by atoms with Gasteiger partial charge in [0.1, 0.15) is 0 Å². The number of urea groups is 1. The first kappa shape index (κ1) is 11.7. The number of nitrogens with two attached hydrogens (primary N) is 1. The minimum Gasteiger partial charge on any atom is -0.336 e. The van der Waals surface area contributed by atoms with Crippen LogP contribution >= 0.6 is 0 Å². The molecule has 5 heteroatoms. The number of carbonyl (C=O) groups excluding carboxylic acids is 1. The van der Waals surface area contributed by atoms with Crippen molar-refractivity contribution in [1.29, 1.82) is 0 Å². The first-order chi connectivity index (χ1) is 7.72. The van der Waals surface area contributed by atoms with Crippen LogP contribution in [0, 0.1) is 5.92 Å². The molecule has 0 bridgehead atoms. The molecule has 2 unspecified atom stereocenters. The molecule has 3 N–H and O–H groups in total.